The Labute approximate surface area is 197 Å². The molecule has 3 aromatic rings. The fourth-order valence-electron chi connectivity index (χ4n) is 5.54. The van der Waals surface area contributed by atoms with Crippen LogP contribution >= 0.6 is 0 Å². The molecule has 1 fully saturated rings. The molecule has 5 rings (SSSR count). The van der Waals surface area contributed by atoms with Crippen molar-refractivity contribution in [3.63, 3.8) is 0 Å². The number of allylic oxidation sites excluding steroid dienone is 2. The molecule has 3 heterocycles. The number of rotatable bonds is 3. The molecule has 172 valence electrons. The number of aromatic nitrogens is 1. The highest BCUT2D eigenvalue weighted by Crippen LogP contribution is 2.31. The van der Waals surface area contributed by atoms with E-state index in [-0.39, 0.29) is 5.91 Å². The van der Waals surface area contributed by atoms with Gasteiger partial charge in [-0.2, -0.15) is 0 Å². The van der Waals surface area contributed by atoms with Gasteiger partial charge in [-0.05, 0) is 68.6 Å². The van der Waals surface area contributed by atoms with Crippen LogP contribution in [0.3, 0.4) is 0 Å². The van der Waals surface area contributed by atoms with Gasteiger partial charge in [-0.15, -0.1) is 0 Å². The lowest BCUT2D eigenvalue weighted by Gasteiger charge is -2.38. The second-order valence-electron chi connectivity index (χ2n) is 10.0. The molecule has 2 aromatic carbocycles. The SMILES string of the molecule is C/C1=C/CC(C)CCC(C2CCN(C(=O)c3ccc4c(-c5ccccc5)c[nH]c4c3)CC2)N1. The minimum atomic E-state index is 0.154. The first kappa shape index (κ1) is 21.8. The average Bonchev–Trinajstić information content (AvgIpc) is 3.28. The van der Waals surface area contributed by atoms with Crippen molar-refractivity contribution in [3.8, 4) is 11.1 Å². The van der Waals surface area contributed by atoms with Gasteiger partial charge in [0.15, 0.2) is 0 Å². The molecule has 0 bridgehead atoms. The number of nitrogens with one attached hydrogen (secondary N) is 2. The minimum absolute atomic E-state index is 0.154. The van der Waals surface area contributed by atoms with Crippen LogP contribution in [-0.2, 0) is 0 Å². The number of hydrogen-bond donors (Lipinski definition) is 2. The van der Waals surface area contributed by atoms with E-state index < -0.39 is 0 Å². The van der Waals surface area contributed by atoms with Crippen molar-refractivity contribution < 1.29 is 4.79 Å². The maximum atomic E-state index is 13.3. The van der Waals surface area contributed by atoms with Crippen molar-refractivity contribution in [2.45, 2.75) is 52.0 Å². The first-order valence-corrected chi connectivity index (χ1v) is 12.5. The topological polar surface area (TPSA) is 48.1 Å². The molecular weight excluding hydrogens is 406 g/mol. The normalized spacial score (nSPS) is 23.9. The van der Waals surface area contributed by atoms with Gasteiger partial charge in [0.1, 0.15) is 0 Å². The van der Waals surface area contributed by atoms with Crippen molar-refractivity contribution in [2.75, 3.05) is 13.1 Å². The molecule has 1 saturated heterocycles. The Bertz CT molecular complexity index is 1140. The monoisotopic (exact) mass is 441 g/mol. The lowest BCUT2D eigenvalue weighted by molar-refractivity contribution is 0.0668. The summed E-state index contributed by atoms with van der Waals surface area (Å²) < 4.78 is 0. The zero-order valence-electron chi connectivity index (χ0n) is 19.8. The van der Waals surface area contributed by atoms with Crippen molar-refractivity contribution in [1.82, 2.24) is 15.2 Å². The number of likely N-dealkylation sites (tertiary alicyclic amines) is 1. The third-order valence-electron chi connectivity index (χ3n) is 7.62. The Hall–Kier alpha value is -3.01. The lowest BCUT2D eigenvalue weighted by Crippen LogP contribution is -2.45. The highest BCUT2D eigenvalue weighted by molar-refractivity contribution is 6.02. The average molecular weight is 442 g/mol. The van der Waals surface area contributed by atoms with Gasteiger partial charge in [-0.1, -0.05) is 49.4 Å². The van der Waals surface area contributed by atoms with E-state index in [0.29, 0.717) is 12.0 Å². The van der Waals surface area contributed by atoms with Gasteiger partial charge < -0.3 is 15.2 Å². The Balaban J connectivity index is 1.25. The van der Waals surface area contributed by atoms with Crippen LogP contribution in [0.4, 0.5) is 0 Å². The number of H-pyrrole nitrogens is 1. The summed E-state index contributed by atoms with van der Waals surface area (Å²) in [5, 5.41) is 4.93. The molecule has 1 amide bonds. The molecule has 2 atom stereocenters. The van der Waals surface area contributed by atoms with E-state index in [1.165, 1.54) is 36.1 Å². The standard InChI is InChI=1S/C29H35N3O/c1-20-8-10-21(2)31-27(13-9-20)23-14-16-32(17-15-23)29(33)24-11-12-25-26(19-30-28(25)18-24)22-6-4-3-5-7-22/h3-7,10-12,18-20,23,27,30-31H,8-9,13-17H2,1-2H3/b21-10-. The van der Waals surface area contributed by atoms with E-state index in [2.05, 4.69) is 60.6 Å². The van der Waals surface area contributed by atoms with Crippen LogP contribution in [0.25, 0.3) is 22.0 Å². The molecule has 2 unspecified atom stereocenters. The van der Waals surface area contributed by atoms with E-state index in [0.717, 1.165) is 48.3 Å². The van der Waals surface area contributed by atoms with Gasteiger partial charge in [-0.3, -0.25) is 4.79 Å². The number of benzene rings is 2. The third-order valence-corrected chi connectivity index (χ3v) is 7.62. The van der Waals surface area contributed by atoms with Gasteiger partial charge >= 0.3 is 0 Å². The Morgan fingerprint density at radius 1 is 1.00 bits per heavy atom. The summed E-state index contributed by atoms with van der Waals surface area (Å²) in [7, 11) is 0. The highest BCUT2D eigenvalue weighted by Gasteiger charge is 2.29. The van der Waals surface area contributed by atoms with Crippen molar-refractivity contribution in [2.24, 2.45) is 11.8 Å². The number of piperidine rings is 1. The summed E-state index contributed by atoms with van der Waals surface area (Å²) in [6.07, 6.45) is 10.2. The molecule has 4 heteroatoms. The highest BCUT2D eigenvalue weighted by atomic mass is 16.2. The molecule has 2 aliphatic heterocycles. The predicted octanol–water partition coefficient (Wildman–Crippen LogP) is 6.37. The second-order valence-corrected chi connectivity index (χ2v) is 10.0. The summed E-state index contributed by atoms with van der Waals surface area (Å²) in [6, 6.07) is 17.0. The number of aromatic amines is 1. The summed E-state index contributed by atoms with van der Waals surface area (Å²) in [5.74, 6) is 1.56. The van der Waals surface area contributed by atoms with E-state index >= 15 is 0 Å². The smallest absolute Gasteiger partial charge is 0.253 e. The Morgan fingerprint density at radius 2 is 1.79 bits per heavy atom. The second kappa shape index (κ2) is 9.46. The molecule has 0 radical (unpaired) electrons. The number of fused-ring (bicyclic) bond motifs is 1. The molecule has 0 spiro atoms. The van der Waals surface area contributed by atoms with Gasteiger partial charge in [-0.25, -0.2) is 0 Å². The van der Waals surface area contributed by atoms with Gasteiger partial charge in [0.05, 0.1) is 0 Å². The molecule has 2 N–H and O–H groups in total. The first-order chi connectivity index (χ1) is 16.1. The van der Waals surface area contributed by atoms with Crippen LogP contribution in [0.1, 0.15) is 56.3 Å². The van der Waals surface area contributed by atoms with Crippen LogP contribution in [0.5, 0.6) is 0 Å². The van der Waals surface area contributed by atoms with Crippen molar-refractivity contribution >= 4 is 16.8 Å². The lowest BCUT2D eigenvalue weighted by atomic mass is 9.84. The van der Waals surface area contributed by atoms with E-state index in [9.17, 15) is 4.79 Å². The maximum absolute atomic E-state index is 13.3. The summed E-state index contributed by atoms with van der Waals surface area (Å²) >= 11 is 0. The van der Waals surface area contributed by atoms with E-state index in [1.54, 1.807) is 0 Å². The Kier molecular flexibility index (Phi) is 6.26. The molecule has 4 nitrogen and oxygen atoms in total. The maximum Gasteiger partial charge on any atom is 0.253 e. The number of amides is 1. The number of carbonyl (C=O) groups is 1. The van der Waals surface area contributed by atoms with Gasteiger partial charge in [0.2, 0.25) is 0 Å². The number of carbonyl (C=O) groups excluding carboxylic acids is 1. The van der Waals surface area contributed by atoms with Crippen LogP contribution < -0.4 is 5.32 Å². The molecule has 2 aliphatic rings. The van der Waals surface area contributed by atoms with E-state index in [4.69, 9.17) is 0 Å². The quantitative estimate of drug-likeness (QED) is 0.496. The molecule has 33 heavy (non-hydrogen) atoms. The van der Waals surface area contributed by atoms with Crippen LogP contribution in [0.15, 0.2) is 66.5 Å². The van der Waals surface area contributed by atoms with Crippen LogP contribution in [0, 0.1) is 11.8 Å². The van der Waals surface area contributed by atoms with Crippen LogP contribution in [-0.4, -0.2) is 34.9 Å². The fourth-order valence-corrected chi connectivity index (χ4v) is 5.54. The summed E-state index contributed by atoms with van der Waals surface area (Å²) in [5.41, 5.74) is 5.48. The predicted molar refractivity (Wildman–Crippen MR) is 136 cm³/mol. The summed E-state index contributed by atoms with van der Waals surface area (Å²) in [6.45, 7) is 6.25. The van der Waals surface area contributed by atoms with Crippen LogP contribution in [0.2, 0.25) is 0 Å². The molecule has 1 aromatic heterocycles. The number of hydrogen-bond acceptors (Lipinski definition) is 2. The molecular formula is C29H35N3O. The van der Waals surface area contributed by atoms with E-state index in [1.807, 2.05) is 29.3 Å². The fraction of sp³-hybridized carbons (Fsp3) is 0.414. The van der Waals surface area contributed by atoms with Crippen molar-refractivity contribution in [1.29, 1.82) is 0 Å². The zero-order chi connectivity index (χ0) is 22.8. The van der Waals surface area contributed by atoms with Gasteiger partial charge in [0, 0.05) is 53.1 Å². The number of nitrogens with zero attached hydrogens (tertiary/aromatic N) is 1. The third kappa shape index (κ3) is 4.71. The molecule has 0 saturated carbocycles. The first-order valence-electron chi connectivity index (χ1n) is 12.5. The zero-order valence-corrected chi connectivity index (χ0v) is 19.8. The molecule has 0 aliphatic carbocycles. The minimum Gasteiger partial charge on any atom is -0.386 e. The van der Waals surface area contributed by atoms with Crippen molar-refractivity contribution in [3.05, 3.63) is 72.1 Å². The van der Waals surface area contributed by atoms with Gasteiger partial charge in [0.25, 0.3) is 5.91 Å². The Morgan fingerprint density at radius 3 is 2.58 bits per heavy atom. The summed E-state index contributed by atoms with van der Waals surface area (Å²) in [4.78, 5) is 18.7. The largest absolute Gasteiger partial charge is 0.386 e.